The molecule has 2 aromatic carbocycles. The van der Waals surface area contributed by atoms with Crippen LogP contribution in [-0.2, 0) is 4.79 Å². The predicted molar refractivity (Wildman–Crippen MR) is 115 cm³/mol. The van der Waals surface area contributed by atoms with Crippen LogP contribution in [0.4, 0.5) is 0 Å². The Morgan fingerprint density at radius 3 is 2.69 bits per heavy atom. The van der Waals surface area contributed by atoms with Crippen molar-refractivity contribution < 1.29 is 14.3 Å². The number of aromatic amines is 1. The lowest BCUT2D eigenvalue weighted by Crippen LogP contribution is -2.40. The molecule has 0 atom stereocenters. The van der Waals surface area contributed by atoms with Crippen molar-refractivity contribution in [3.8, 4) is 11.5 Å². The highest BCUT2D eigenvalue weighted by Gasteiger charge is 2.26. The minimum absolute atomic E-state index is 0.0314. The third kappa shape index (κ3) is 4.31. The van der Waals surface area contributed by atoms with Crippen molar-refractivity contribution in [3.05, 3.63) is 58.2 Å². The van der Waals surface area contributed by atoms with Crippen molar-refractivity contribution in [3.63, 3.8) is 0 Å². The number of ether oxygens (including phenoxy) is 2. The monoisotopic (exact) mass is 432 g/mol. The van der Waals surface area contributed by atoms with Crippen LogP contribution in [-0.4, -0.2) is 42.6 Å². The van der Waals surface area contributed by atoms with Crippen molar-refractivity contribution in [2.45, 2.75) is 18.8 Å². The van der Waals surface area contributed by atoms with Crippen LogP contribution < -0.4 is 9.47 Å². The Kier molecular flexibility index (Phi) is 5.88. The fourth-order valence-corrected chi connectivity index (χ4v) is 4.31. The zero-order chi connectivity index (χ0) is 20.4. The number of aromatic nitrogens is 1. The molecule has 1 aliphatic rings. The van der Waals surface area contributed by atoms with Gasteiger partial charge in [-0.05, 0) is 60.7 Å². The molecule has 152 valence electrons. The summed E-state index contributed by atoms with van der Waals surface area (Å²) in [6.45, 7) is 1.38. The molecule has 1 aliphatic heterocycles. The summed E-state index contributed by atoms with van der Waals surface area (Å²) in [5.41, 5.74) is 2.39. The van der Waals surface area contributed by atoms with Gasteiger partial charge in [-0.15, -0.1) is 0 Å². The highest BCUT2D eigenvalue weighted by Crippen LogP contribution is 2.35. The third-order valence-corrected chi connectivity index (χ3v) is 5.98. The normalized spacial score (nSPS) is 14.9. The molecule has 7 heteroatoms. The van der Waals surface area contributed by atoms with Gasteiger partial charge in [0, 0.05) is 35.2 Å². The number of fused-ring (bicyclic) bond motifs is 1. The number of benzene rings is 2. The molecule has 0 spiro atoms. The van der Waals surface area contributed by atoms with Crippen LogP contribution in [0, 0.1) is 0 Å². The summed E-state index contributed by atoms with van der Waals surface area (Å²) < 4.78 is 11.0. The van der Waals surface area contributed by atoms with E-state index in [9.17, 15) is 4.79 Å². The molecule has 3 aromatic rings. The number of likely N-dealkylation sites (tertiary alicyclic amines) is 1. The van der Waals surface area contributed by atoms with Crippen LogP contribution >= 0.6 is 23.2 Å². The molecule has 1 saturated heterocycles. The maximum atomic E-state index is 12.5. The summed E-state index contributed by atoms with van der Waals surface area (Å²) in [4.78, 5) is 17.7. The molecule has 0 aliphatic carbocycles. The van der Waals surface area contributed by atoms with Crippen molar-refractivity contribution >= 4 is 40.0 Å². The Bertz CT molecular complexity index is 1030. The molecule has 0 unspecified atom stereocenters. The van der Waals surface area contributed by atoms with Gasteiger partial charge in [-0.2, -0.15) is 0 Å². The SMILES string of the molecule is COc1ccc2[nH]cc(C3CCN(C(=O)COc4ccc(Cl)cc4Cl)CC3)c2c1. The number of hydrogen-bond acceptors (Lipinski definition) is 3. The summed E-state index contributed by atoms with van der Waals surface area (Å²) in [6, 6.07) is 11.0. The fourth-order valence-electron chi connectivity index (χ4n) is 3.85. The zero-order valence-corrected chi connectivity index (χ0v) is 17.6. The number of carbonyl (C=O) groups excluding carboxylic acids is 1. The largest absolute Gasteiger partial charge is 0.497 e. The number of piperidine rings is 1. The molecule has 1 aromatic heterocycles. The van der Waals surface area contributed by atoms with E-state index in [1.54, 1.807) is 25.3 Å². The average Bonchev–Trinajstić information content (AvgIpc) is 3.16. The Labute approximate surface area is 179 Å². The van der Waals surface area contributed by atoms with Gasteiger partial charge in [0.2, 0.25) is 0 Å². The van der Waals surface area contributed by atoms with Gasteiger partial charge in [0.25, 0.3) is 5.91 Å². The maximum Gasteiger partial charge on any atom is 0.260 e. The Hall–Kier alpha value is -2.37. The van der Waals surface area contributed by atoms with Crippen LogP contribution in [0.15, 0.2) is 42.6 Å². The second-order valence-corrected chi connectivity index (χ2v) is 8.02. The van der Waals surface area contributed by atoms with Crippen LogP contribution in [0.5, 0.6) is 11.5 Å². The first-order valence-electron chi connectivity index (χ1n) is 9.56. The first-order chi connectivity index (χ1) is 14.0. The molecule has 0 radical (unpaired) electrons. The van der Waals surface area contributed by atoms with Crippen LogP contribution in [0.2, 0.25) is 10.0 Å². The number of nitrogens with zero attached hydrogens (tertiary/aromatic N) is 1. The first kappa shape index (κ1) is 19.9. The molecule has 0 bridgehead atoms. The summed E-state index contributed by atoms with van der Waals surface area (Å²) in [5, 5.41) is 2.12. The van der Waals surface area contributed by atoms with E-state index in [-0.39, 0.29) is 12.5 Å². The molecule has 1 N–H and O–H groups in total. The molecule has 1 fully saturated rings. The molecule has 0 saturated carbocycles. The highest BCUT2D eigenvalue weighted by molar-refractivity contribution is 6.35. The van der Waals surface area contributed by atoms with E-state index in [0.29, 0.717) is 34.8 Å². The van der Waals surface area contributed by atoms with Gasteiger partial charge in [0.05, 0.1) is 12.1 Å². The Morgan fingerprint density at radius 2 is 1.97 bits per heavy atom. The van der Waals surface area contributed by atoms with Gasteiger partial charge >= 0.3 is 0 Å². The first-order valence-corrected chi connectivity index (χ1v) is 10.3. The molecule has 1 amide bonds. The van der Waals surface area contributed by atoms with E-state index >= 15 is 0 Å². The molecular formula is C22H22Cl2N2O3. The van der Waals surface area contributed by atoms with E-state index in [4.69, 9.17) is 32.7 Å². The van der Waals surface area contributed by atoms with Crippen molar-refractivity contribution in [1.29, 1.82) is 0 Å². The van der Waals surface area contributed by atoms with Crippen molar-refractivity contribution in [2.24, 2.45) is 0 Å². The van der Waals surface area contributed by atoms with Crippen LogP contribution in [0.3, 0.4) is 0 Å². The molecule has 5 nitrogen and oxygen atoms in total. The number of carbonyl (C=O) groups is 1. The van der Waals surface area contributed by atoms with Gasteiger partial charge < -0.3 is 19.4 Å². The van der Waals surface area contributed by atoms with E-state index in [0.717, 1.165) is 24.1 Å². The standard InChI is InChI=1S/C22H22Cl2N2O3/c1-28-16-3-4-20-17(11-16)18(12-25-20)14-6-8-26(9-7-14)22(27)13-29-21-5-2-15(23)10-19(21)24/h2-5,10-12,14,25H,6-9,13H2,1H3. The number of hydrogen-bond donors (Lipinski definition) is 1. The van der Waals surface area contributed by atoms with E-state index < -0.39 is 0 Å². The van der Waals surface area contributed by atoms with Crippen molar-refractivity contribution in [2.75, 3.05) is 26.8 Å². The second-order valence-electron chi connectivity index (χ2n) is 7.17. The predicted octanol–water partition coefficient (Wildman–Crippen LogP) is 5.27. The van der Waals surface area contributed by atoms with Gasteiger partial charge in [-0.3, -0.25) is 4.79 Å². The minimum Gasteiger partial charge on any atom is -0.497 e. The average molecular weight is 433 g/mol. The number of nitrogens with one attached hydrogen (secondary N) is 1. The Morgan fingerprint density at radius 1 is 1.17 bits per heavy atom. The molecular weight excluding hydrogens is 411 g/mol. The quantitative estimate of drug-likeness (QED) is 0.597. The van der Waals surface area contributed by atoms with Crippen LogP contribution in [0.1, 0.15) is 24.3 Å². The van der Waals surface area contributed by atoms with E-state index in [1.807, 2.05) is 17.0 Å². The summed E-state index contributed by atoms with van der Waals surface area (Å²) in [7, 11) is 1.68. The number of methoxy groups -OCH3 is 1. The zero-order valence-electron chi connectivity index (χ0n) is 16.1. The molecule has 2 heterocycles. The number of H-pyrrole nitrogens is 1. The van der Waals surface area contributed by atoms with E-state index in [2.05, 4.69) is 17.2 Å². The number of rotatable bonds is 5. The molecule has 29 heavy (non-hydrogen) atoms. The van der Waals surface area contributed by atoms with Gasteiger partial charge in [-0.1, -0.05) is 23.2 Å². The maximum absolute atomic E-state index is 12.5. The van der Waals surface area contributed by atoms with Gasteiger partial charge in [0.1, 0.15) is 11.5 Å². The third-order valence-electron chi connectivity index (χ3n) is 5.45. The summed E-state index contributed by atoms with van der Waals surface area (Å²) in [6.07, 6.45) is 3.91. The lowest BCUT2D eigenvalue weighted by atomic mass is 9.89. The van der Waals surface area contributed by atoms with Gasteiger partial charge in [0.15, 0.2) is 6.61 Å². The Balaban J connectivity index is 1.36. The smallest absolute Gasteiger partial charge is 0.260 e. The van der Waals surface area contributed by atoms with Crippen molar-refractivity contribution in [1.82, 2.24) is 9.88 Å². The highest BCUT2D eigenvalue weighted by atomic mass is 35.5. The fraction of sp³-hybridized carbons (Fsp3) is 0.318. The number of halogens is 2. The second kappa shape index (κ2) is 8.56. The summed E-state index contributed by atoms with van der Waals surface area (Å²) >= 11 is 12.0. The lowest BCUT2D eigenvalue weighted by Gasteiger charge is -2.32. The van der Waals surface area contributed by atoms with E-state index in [1.165, 1.54) is 10.9 Å². The van der Waals surface area contributed by atoms with Crippen LogP contribution in [0.25, 0.3) is 10.9 Å². The number of amides is 1. The topological polar surface area (TPSA) is 54.6 Å². The minimum atomic E-state index is -0.0323. The molecule has 4 rings (SSSR count). The summed E-state index contributed by atoms with van der Waals surface area (Å²) in [5.74, 6) is 1.69. The van der Waals surface area contributed by atoms with Gasteiger partial charge in [-0.25, -0.2) is 0 Å². The lowest BCUT2D eigenvalue weighted by molar-refractivity contribution is -0.134.